The topological polar surface area (TPSA) is 122 Å². The first-order valence-corrected chi connectivity index (χ1v) is 7.75. The molecule has 8 heteroatoms. The Bertz CT molecular complexity index is 1020. The summed E-state index contributed by atoms with van der Waals surface area (Å²) >= 11 is 0. The van der Waals surface area contributed by atoms with E-state index < -0.39 is 0 Å². The Kier molecular flexibility index (Phi) is 4.66. The van der Waals surface area contributed by atoms with Gasteiger partial charge in [0.05, 0.1) is 5.71 Å². The number of guanidine groups is 1. The number of H-pyrrole nitrogens is 1. The predicted molar refractivity (Wildman–Crippen MR) is 101 cm³/mol. The van der Waals surface area contributed by atoms with E-state index in [1.807, 2.05) is 0 Å². The molecule has 0 fully saturated rings. The molecule has 3 rings (SSSR count). The largest absolute Gasteiger partial charge is 0.369 e. The Morgan fingerprint density at radius 2 is 1.81 bits per heavy atom. The summed E-state index contributed by atoms with van der Waals surface area (Å²) in [5, 5.41) is 10.9. The van der Waals surface area contributed by atoms with Crippen LogP contribution in [-0.2, 0) is 0 Å². The van der Waals surface area contributed by atoms with Gasteiger partial charge < -0.3 is 21.8 Å². The minimum Gasteiger partial charge on any atom is -0.369 e. The second-order valence-electron chi connectivity index (χ2n) is 5.66. The highest BCUT2D eigenvalue weighted by molar-refractivity contribution is 6.06. The van der Waals surface area contributed by atoms with Crippen molar-refractivity contribution in [2.24, 2.45) is 21.7 Å². The van der Waals surface area contributed by atoms with E-state index >= 15 is 0 Å². The fourth-order valence-corrected chi connectivity index (χ4v) is 2.41. The first-order chi connectivity index (χ1) is 12.4. The number of rotatable bonds is 4. The molecule has 1 amide bonds. The monoisotopic (exact) mass is 352 g/mol. The number of hydrogen-bond donors (Lipinski definition) is 4. The average Bonchev–Trinajstić information content (AvgIpc) is 3.03. The van der Waals surface area contributed by atoms with Crippen LogP contribution in [0.4, 0.5) is 10.1 Å². The average molecular weight is 352 g/mol. The summed E-state index contributed by atoms with van der Waals surface area (Å²) < 4.78 is 13.2. The Morgan fingerprint density at radius 1 is 1.08 bits per heavy atom. The molecule has 6 N–H and O–H groups in total. The molecule has 2 aromatic carbocycles. The van der Waals surface area contributed by atoms with Gasteiger partial charge in [-0.1, -0.05) is 12.1 Å². The fraction of sp³-hybridized carbons (Fsp3) is 0.0556. The van der Waals surface area contributed by atoms with Crippen molar-refractivity contribution in [2.75, 3.05) is 5.32 Å². The lowest BCUT2D eigenvalue weighted by molar-refractivity contribution is 0.102. The van der Waals surface area contributed by atoms with Crippen LogP contribution in [0.3, 0.4) is 0 Å². The lowest BCUT2D eigenvalue weighted by Gasteiger charge is -2.05. The summed E-state index contributed by atoms with van der Waals surface area (Å²) in [5.74, 6) is -0.788. The molecule has 3 aromatic rings. The molecule has 132 valence electrons. The number of amides is 1. The number of aromatic amines is 1. The highest BCUT2D eigenvalue weighted by atomic mass is 19.1. The molecular formula is C18H17FN6O. The fourth-order valence-electron chi connectivity index (χ4n) is 2.41. The summed E-state index contributed by atoms with van der Waals surface area (Å²) in [6.45, 7) is 1.77. The van der Waals surface area contributed by atoms with Crippen molar-refractivity contribution in [3.8, 4) is 0 Å². The normalized spacial score (nSPS) is 11.4. The van der Waals surface area contributed by atoms with Crippen LogP contribution in [0.25, 0.3) is 10.9 Å². The van der Waals surface area contributed by atoms with Crippen LogP contribution >= 0.6 is 0 Å². The van der Waals surface area contributed by atoms with E-state index in [1.54, 1.807) is 43.3 Å². The third-order valence-electron chi connectivity index (χ3n) is 3.70. The number of nitrogens with zero attached hydrogens (tertiary/aromatic N) is 2. The maximum absolute atomic E-state index is 13.2. The van der Waals surface area contributed by atoms with Gasteiger partial charge in [0.15, 0.2) is 0 Å². The van der Waals surface area contributed by atoms with Gasteiger partial charge in [-0.05, 0) is 48.9 Å². The number of carbonyl (C=O) groups is 1. The van der Waals surface area contributed by atoms with Gasteiger partial charge >= 0.3 is 0 Å². The minimum absolute atomic E-state index is 0.119. The molecule has 0 atom stereocenters. The second-order valence-corrected chi connectivity index (χ2v) is 5.66. The van der Waals surface area contributed by atoms with Gasteiger partial charge in [0.1, 0.15) is 11.5 Å². The van der Waals surface area contributed by atoms with Crippen LogP contribution in [0, 0.1) is 5.82 Å². The SMILES string of the molecule is C/C(=N\N=C(N)N)c1ccc(NC(=O)c2cc3cc(F)ccc3[nH]2)cc1. The Labute approximate surface area is 148 Å². The van der Waals surface area contributed by atoms with Crippen LogP contribution < -0.4 is 16.8 Å². The maximum atomic E-state index is 13.2. The highest BCUT2D eigenvalue weighted by Gasteiger charge is 2.10. The molecule has 0 bridgehead atoms. The third kappa shape index (κ3) is 3.86. The number of aromatic nitrogens is 1. The standard InChI is InChI=1S/C18H17FN6O/c1-10(24-25-18(20)21)11-2-5-14(6-3-11)22-17(26)16-9-12-8-13(19)4-7-15(12)23-16/h2-9,23H,1H3,(H,22,26)(H4,20,21,25)/b24-10+. The molecule has 0 spiro atoms. The molecule has 7 nitrogen and oxygen atoms in total. The molecule has 0 saturated heterocycles. The van der Waals surface area contributed by atoms with E-state index in [0.717, 1.165) is 5.56 Å². The van der Waals surface area contributed by atoms with Crippen molar-refractivity contribution >= 4 is 34.2 Å². The molecule has 0 unspecified atom stereocenters. The van der Waals surface area contributed by atoms with Gasteiger partial charge in [0.25, 0.3) is 5.91 Å². The van der Waals surface area contributed by atoms with Gasteiger partial charge in [-0.3, -0.25) is 4.79 Å². The smallest absolute Gasteiger partial charge is 0.272 e. The highest BCUT2D eigenvalue weighted by Crippen LogP contribution is 2.18. The second kappa shape index (κ2) is 7.06. The van der Waals surface area contributed by atoms with Crippen molar-refractivity contribution in [1.29, 1.82) is 0 Å². The molecular weight excluding hydrogens is 335 g/mol. The summed E-state index contributed by atoms with van der Waals surface area (Å²) in [6, 6.07) is 13.0. The van der Waals surface area contributed by atoms with E-state index in [4.69, 9.17) is 11.5 Å². The number of anilines is 1. The molecule has 0 aliphatic carbocycles. The third-order valence-corrected chi connectivity index (χ3v) is 3.70. The first kappa shape index (κ1) is 17.2. The van der Waals surface area contributed by atoms with E-state index in [1.165, 1.54) is 12.1 Å². The molecule has 0 saturated carbocycles. The molecule has 1 aromatic heterocycles. The Balaban J connectivity index is 1.74. The summed E-state index contributed by atoms with van der Waals surface area (Å²) in [4.78, 5) is 15.3. The number of fused-ring (bicyclic) bond motifs is 1. The molecule has 0 aliphatic rings. The van der Waals surface area contributed by atoms with Crippen molar-refractivity contribution in [1.82, 2.24) is 4.98 Å². The number of benzene rings is 2. The zero-order chi connectivity index (χ0) is 18.7. The molecule has 0 radical (unpaired) electrons. The quantitative estimate of drug-likeness (QED) is 0.328. The van der Waals surface area contributed by atoms with Gasteiger partial charge in [-0.2, -0.15) is 5.10 Å². The van der Waals surface area contributed by atoms with E-state index in [-0.39, 0.29) is 17.7 Å². The summed E-state index contributed by atoms with van der Waals surface area (Å²) in [7, 11) is 0. The number of carbonyl (C=O) groups excluding carboxylic acids is 1. The Hall–Kier alpha value is -3.68. The van der Waals surface area contributed by atoms with Crippen LogP contribution in [0.15, 0.2) is 58.7 Å². The van der Waals surface area contributed by atoms with Crippen LogP contribution in [0.5, 0.6) is 0 Å². The maximum Gasteiger partial charge on any atom is 0.272 e. The number of hydrogen-bond acceptors (Lipinski definition) is 3. The predicted octanol–water partition coefficient (Wildman–Crippen LogP) is 2.56. The van der Waals surface area contributed by atoms with Crippen molar-refractivity contribution < 1.29 is 9.18 Å². The lowest BCUT2D eigenvalue weighted by atomic mass is 10.1. The van der Waals surface area contributed by atoms with Gasteiger partial charge in [-0.15, -0.1) is 5.10 Å². The number of nitrogens with one attached hydrogen (secondary N) is 2. The lowest BCUT2D eigenvalue weighted by Crippen LogP contribution is -2.22. The number of halogens is 1. The van der Waals surface area contributed by atoms with Gasteiger partial charge in [0, 0.05) is 16.6 Å². The van der Waals surface area contributed by atoms with E-state index in [9.17, 15) is 9.18 Å². The van der Waals surface area contributed by atoms with E-state index in [2.05, 4.69) is 20.5 Å². The van der Waals surface area contributed by atoms with Crippen LogP contribution in [0.2, 0.25) is 0 Å². The van der Waals surface area contributed by atoms with Crippen molar-refractivity contribution in [3.05, 3.63) is 65.6 Å². The first-order valence-electron chi connectivity index (χ1n) is 7.75. The van der Waals surface area contributed by atoms with Crippen LogP contribution in [-0.4, -0.2) is 22.6 Å². The van der Waals surface area contributed by atoms with Crippen molar-refractivity contribution in [2.45, 2.75) is 6.92 Å². The zero-order valence-electron chi connectivity index (χ0n) is 14.0. The molecule has 26 heavy (non-hydrogen) atoms. The Morgan fingerprint density at radius 3 is 2.50 bits per heavy atom. The van der Waals surface area contributed by atoms with Gasteiger partial charge in [0.2, 0.25) is 5.96 Å². The molecule has 1 heterocycles. The minimum atomic E-state index is -0.350. The molecule has 0 aliphatic heterocycles. The number of nitrogens with two attached hydrogens (primary N) is 2. The van der Waals surface area contributed by atoms with E-state index in [0.29, 0.717) is 28.0 Å². The zero-order valence-corrected chi connectivity index (χ0v) is 14.0. The van der Waals surface area contributed by atoms with Crippen LogP contribution in [0.1, 0.15) is 23.0 Å². The summed E-state index contributed by atoms with van der Waals surface area (Å²) in [6.07, 6.45) is 0. The van der Waals surface area contributed by atoms with Crippen molar-refractivity contribution in [3.63, 3.8) is 0 Å². The van der Waals surface area contributed by atoms with Gasteiger partial charge in [-0.25, -0.2) is 4.39 Å². The summed E-state index contributed by atoms with van der Waals surface area (Å²) in [5.41, 5.74) is 13.6.